The van der Waals surface area contributed by atoms with Crippen LogP contribution >= 0.6 is 0 Å². The molecule has 2 aliphatic rings. The Bertz CT molecular complexity index is 333. The summed E-state index contributed by atoms with van der Waals surface area (Å²) in [5, 5.41) is 18.3. The number of carboxylic acids is 1. The normalized spacial score (nSPS) is 31.8. The van der Waals surface area contributed by atoms with Gasteiger partial charge in [0.25, 0.3) is 0 Å². The van der Waals surface area contributed by atoms with E-state index < -0.39 is 12.1 Å². The largest absolute Gasteiger partial charge is 0.477 e. The van der Waals surface area contributed by atoms with Gasteiger partial charge in [-0.3, -0.25) is 9.69 Å². The zero-order chi connectivity index (χ0) is 9.75. The van der Waals surface area contributed by atoms with E-state index in [1.807, 2.05) is 0 Å². The fourth-order valence-corrected chi connectivity index (χ4v) is 1.87. The van der Waals surface area contributed by atoms with Crippen LogP contribution in [-0.4, -0.2) is 39.1 Å². The minimum absolute atomic E-state index is 0.0475. The van der Waals surface area contributed by atoms with Crippen LogP contribution in [0.3, 0.4) is 0 Å². The summed E-state index contributed by atoms with van der Waals surface area (Å²) in [4.78, 5) is 22.9. The monoisotopic (exact) mass is 183 g/mol. The van der Waals surface area contributed by atoms with E-state index in [2.05, 4.69) is 0 Å². The third kappa shape index (κ3) is 0.846. The Morgan fingerprint density at radius 1 is 1.62 bits per heavy atom. The summed E-state index contributed by atoms with van der Waals surface area (Å²) < 4.78 is 0. The van der Waals surface area contributed by atoms with Crippen molar-refractivity contribution in [2.75, 3.05) is 0 Å². The van der Waals surface area contributed by atoms with E-state index in [0.29, 0.717) is 5.57 Å². The molecule has 1 saturated heterocycles. The Hall–Kier alpha value is -1.36. The maximum atomic E-state index is 11.0. The quantitative estimate of drug-likeness (QED) is 0.528. The van der Waals surface area contributed by atoms with Crippen LogP contribution in [0.5, 0.6) is 0 Å². The van der Waals surface area contributed by atoms with E-state index in [-0.39, 0.29) is 24.1 Å². The maximum absolute atomic E-state index is 11.0. The highest BCUT2D eigenvalue weighted by atomic mass is 16.4. The van der Waals surface area contributed by atoms with Crippen LogP contribution in [0.25, 0.3) is 0 Å². The van der Waals surface area contributed by atoms with Crippen molar-refractivity contribution in [3.63, 3.8) is 0 Å². The Morgan fingerprint density at radius 3 is 2.62 bits per heavy atom. The van der Waals surface area contributed by atoms with Gasteiger partial charge in [-0.2, -0.15) is 0 Å². The first-order valence-electron chi connectivity index (χ1n) is 3.98. The molecule has 2 rings (SSSR count). The van der Waals surface area contributed by atoms with Crippen molar-refractivity contribution >= 4 is 11.9 Å². The highest BCUT2D eigenvalue weighted by molar-refractivity contribution is 5.98. The molecule has 0 aliphatic carbocycles. The molecule has 0 aromatic carbocycles. The first kappa shape index (κ1) is 8.25. The average molecular weight is 183 g/mol. The summed E-state index contributed by atoms with van der Waals surface area (Å²) in [5.41, 5.74) is 0.331. The van der Waals surface area contributed by atoms with Crippen molar-refractivity contribution < 1.29 is 19.8 Å². The smallest absolute Gasteiger partial charge is 0.352 e. The number of fused-ring (bicyclic) bond motifs is 1. The van der Waals surface area contributed by atoms with E-state index in [1.165, 1.54) is 4.90 Å². The molecule has 2 N–H and O–H groups in total. The van der Waals surface area contributed by atoms with Crippen LogP contribution < -0.4 is 0 Å². The van der Waals surface area contributed by atoms with Gasteiger partial charge in [0.15, 0.2) is 0 Å². The van der Waals surface area contributed by atoms with Crippen LogP contribution in [0.15, 0.2) is 11.3 Å². The summed E-state index contributed by atoms with van der Waals surface area (Å²) in [6.07, 6.45) is -0.557. The molecule has 13 heavy (non-hydrogen) atoms. The molecule has 70 valence electrons. The fourth-order valence-electron chi connectivity index (χ4n) is 1.87. The molecule has 1 amide bonds. The predicted molar refractivity (Wildman–Crippen MR) is 41.6 cm³/mol. The van der Waals surface area contributed by atoms with E-state index in [1.54, 1.807) is 6.92 Å². The molecular formula is C8H9NO4. The highest BCUT2D eigenvalue weighted by Gasteiger charge is 2.51. The zero-order valence-corrected chi connectivity index (χ0v) is 7.02. The number of amides is 1. The summed E-state index contributed by atoms with van der Waals surface area (Å²) in [7, 11) is 0. The number of rotatable bonds is 1. The molecule has 0 saturated carbocycles. The number of carboxylic acid groups (broad SMARTS) is 1. The lowest BCUT2D eigenvalue weighted by molar-refractivity contribution is -0.149. The average Bonchev–Trinajstić information content (AvgIpc) is 2.24. The van der Waals surface area contributed by atoms with Gasteiger partial charge in [0.05, 0.1) is 18.6 Å². The van der Waals surface area contributed by atoms with Crippen LogP contribution in [0.2, 0.25) is 0 Å². The second-order valence-corrected chi connectivity index (χ2v) is 3.32. The molecule has 5 nitrogen and oxygen atoms in total. The van der Waals surface area contributed by atoms with Crippen LogP contribution in [0, 0.1) is 0 Å². The molecule has 1 unspecified atom stereocenters. The molecule has 1 fully saturated rings. The molecule has 0 aromatic rings. The standard InChI is InChI=1S/C8H9NO4/c1-3-6(8(12)13)9-4(7(3)11)2-5(9)10/h4,7,11H,2H2,1H3,(H,12,13)/t4-,7?/m0/s1. The number of carbonyl (C=O) groups is 2. The molecule has 0 bridgehead atoms. The van der Waals surface area contributed by atoms with Gasteiger partial charge >= 0.3 is 5.97 Å². The van der Waals surface area contributed by atoms with Crippen molar-refractivity contribution in [1.29, 1.82) is 0 Å². The van der Waals surface area contributed by atoms with E-state index in [0.717, 1.165) is 0 Å². The summed E-state index contributed by atoms with van der Waals surface area (Å²) in [5.74, 6) is -1.37. The Labute approximate surface area is 74.3 Å². The van der Waals surface area contributed by atoms with Crippen molar-refractivity contribution in [2.45, 2.75) is 25.5 Å². The van der Waals surface area contributed by atoms with Gasteiger partial charge in [0.2, 0.25) is 5.91 Å². The van der Waals surface area contributed by atoms with Gasteiger partial charge in [-0.15, -0.1) is 0 Å². The predicted octanol–water partition coefficient (Wildman–Crippen LogP) is -0.680. The van der Waals surface area contributed by atoms with Gasteiger partial charge in [-0.25, -0.2) is 4.79 Å². The minimum atomic E-state index is -1.15. The first-order valence-corrected chi connectivity index (χ1v) is 3.98. The summed E-state index contributed by atoms with van der Waals surface area (Å²) >= 11 is 0. The number of β-lactam (4-membered cyclic amide) rings is 1. The number of carbonyl (C=O) groups excluding carboxylic acids is 1. The second-order valence-electron chi connectivity index (χ2n) is 3.32. The highest BCUT2D eigenvalue weighted by Crippen LogP contribution is 2.38. The van der Waals surface area contributed by atoms with Crippen LogP contribution in [0.4, 0.5) is 0 Å². The maximum Gasteiger partial charge on any atom is 0.352 e. The summed E-state index contributed by atoms with van der Waals surface area (Å²) in [6.45, 7) is 1.54. The van der Waals surface area contributed by atoms with Crippen molar-refractivity contribution in [3.05, 3.63) is 11.3 Å². The molecule has 2 heterocycles. The summed E-state index contributed by atoms with van der Waals surface area (Å²) in [6, 6.07) is -0.335. The van der Waals surface area contributed by atoms with E-state index >= 15 is 0 Å². The zero-order valence-electron chi connectivity index (χ0n) is 7.02. The topological polar surface area (TPSA) is 77.8 Å². The number of nitrogens with zero attached hydrogens (tertiary/aromatic N) is 1. The lowest BCUT2D eigenvalue weighted by atomic mass is 9.98. The van der Waals surface area contributed by atoms with Crippen molar-refractivity contribution in [2.24, 2.45) is 0 Å². The molecule has 2 aliphatic heterocycles. The van der Waals surface area contributed by atoms with E-state index in [4.69, 9.17) is 5.11 Å². The number of aliphatic carboxylic acids is 1. The number of hydrogen-bond acceptors (Lipinski definition) is 3. The molecule has 0 aromatic heterocycles. The molecular weight excluding hydrogens is 174 g/mol. The third-order valence-electron chi connectivity index (χ3n) is 2.61. The van der Waals surface area contributed by atoms with Gasteiger partial charge in [0, 0.05) is 0 Å². The molecule has 5 heteroatoms. The second kappa shape index (κ2) is 2.32. The van der Waals surface area contributed by atoms with E-state index in [9.17, 15) is 14.7 Å². The SMILES string of the molecule is CC1=C(C(=O)O)N2C(=O)C[C@H]2C1O. The molecule has 2 atom stereocenters. The fraction of sp³-hybridized carbons (Fsp3) is 0.500. The third-order valence-corrected chi connectivity index (χ3v) is 2.61. The number of aliphatic hydroxyl groups is 1. The number of aliphatic hydroxyl groups excluding tert-OH is 1. The minimum Gasteiger partial charge on any atom is -0.477 e. The van der Waals surface area contributed by atoms with Gasteiger partial charge in [-0.05, 0) is 12.5 Å². The number of hydrogen-bond donors (Lipinski definition) is 2. The first-order chi connectivity index (χ1) is 6.04. The molecule has 0 radical (unpaired) electrons. The van der Waals surface area contributed by atoms with Crippen molar-refractivity contribution in [3.8, 4) is 0 Å². The lowest BCUT2D eigenvalue weighted by Gasteiger charge is -2.36. The molecule has 0 spiro atoms. The Kier molecular flexibility index (Phi) is 1.47. The Morgan fingerprint density at radius 2 is 2.23 bits per heavy atom. The van der Waals surface area contributed by atoms with Gasteiger partial charge in [-0.1, -0.05) is 0 Å². The van der Waals surface area contributed by atoms with Crippen LogP contribution in [0.1, 0.15) is 13.3 Å². The van der Waals surface area contributed by atoms with Crippen molar-refractivity contribution in [1.82, 2.24) is 4.90 Å². The van der Waals surface area contributed by atoms with Gasteiger partial charge in [0.1, 0.15) is 5.70 Å². The Balaban J connectivity index is 2.41. The van der Waals surface area contributed by atoms with Crippen LogP contribution in [-0.2, 0) is 9.59 Å². The van der Waals surface area contributed by atoms with Gasteiger partial charge < -0.3 is 10.2 Å². The lowest BCUT2D eigenvalue weighted by Crippen LogP contribution is -2.53.